The summed E-state index contributed by atoms with van der Waals surface area (Å²) in [6, 6.07) is 13.6. The van der Waals surface area contributed by atoms with Crippen LogP contribution in [0.4, 0.5) is 10.2 Å². The first-order valence-corrected chi connectivity index (χ1v) is 11.0. The quantitative estimate of drug-likeness (QED) is 0.438. The second kappa shape index (κ2) is 8.93. The van der Waals surface area contributed by atoms with Crippen molar-refractivity contribution < 1.29 is 13.9 Å². The molecule has 2 heterocycles. The Hall–Kier alpha value is -3.13. The standard InChI is InChI=1S/C23H22FN3O3S/c1-13(2)30-17-9-5-15(6-10-17)18-11-19(28)25-21-20(18)22(29)27-23(26-21)31-12-14-3-7-16(24)8-4-14/h3-10,13,18H,11-12H2,1-2H3,(H2,25,26,27,28,29)/t18-/m0/s1. The molecule has 160 valence electrons. The zero-order chi connectivity index (χ0) is 22.0. The van der Waals surface area contributed by atoms with E-state index < -0.39 is 0 Å². The Labute approximate surface area is 183 Å². The van der Waals surface area contributed by atoms with Crippen molar-refractivity contribution in [2.24, 2.45) is 0 Å². The molecule has 2 N–H and O–H groups in total. The lowest BCUT2D eigenvalue weighted by Gasteiger charge is -2.24. The molecule has 2 aromatic carbocycles. The molecule has 0 saturated heterocycles. The molecule has 0 spiro atoms. The van der Waals surface area contributed by atoms with E-state index in [2.05, 4.69) is 15.3 Å². The number of anilines is 1. The minimum Gasteiger partial charge on any atom is -0.491 e. The third-order valence-electron chi connectivity index (χ3n) is 4.87. The Balaban J connectivity index is 1.59. The zero-order valence-corrected chi connectivity index (χ0v) is 18.0. The van der Waals surface area contributed by atoms with Crippen molar-refractivity contribution in [3.05, 3.63) is 81.4 Å². The number of aromatic amines is 1. The fraction of sp³-hybridized carbons (Fsp3) is 0.261. The van der Waals surface area contributed by atoms with Crippen molar-refractivity contribution in [2.75, 3.05) is 5.32 Å². The van der Waals surface area contributed by atoms with Gasteiger partial charge in [0.25, 0.3) is 5.56 Å². The van der Waals surface area contributed by atoms with E-state index in [9.17, 15) is 14.0 Å². The number of halogens is 1. The fourth-order valence-electron chi connectivity index (χ4n) is 3.49. The van der Waals surface area contributed by atoms with Gasteiger partial charge in [-0.05, 0) is 49.2 Å². The van der Waals surface area contributed by atoms with E-state index in [1.54, 1.807) is 12.1 Å². The van der Waals surface area contributed by atoms with Gasteiger partial charge >= 0.3 is 0 Å². The molecule has 0 bridgehead atoms. The molecule has 1 aliphatic rings. The smallest absolute Gasteiger partial charge is 0.257 e. The van der Waals surface area contributed by atoms with E-state index >= 15 is 0 Å². The summed E-state index contributed by atoms with van der Waals surface area (Å²) in [5.41, 5.74) is 1.92. The maximum atomic E-state index is 13.1. The van der Waals surface area contributed by atoms with Gasteiger partial charge in [0.2, 0.25) is 5.91 Å². The van der Waals surface area contributed by atoms with Crippen LogP contribution in [0.25, 0.3) is 0 Å². The highest BCUT2D eigenvalue weighted by Crippen LogP contribution is 2.35. The summed E-state index contributed by atoms with van der Waals surface area (Å²) in [6.45, 7) is 3.90. The summed E-state index contributed by atoms with van der Waals surface area (Å²) < 4.78 is 18.7. The molecule has 0 unspecified atom stereocenters. The molecule has 8 heteroatoms. The van der Waals surface area contributed by atoms with Crippen LogP contribution in [0.5, 0.6) is 5.75 Å². The lowest BCUT2D eigenvalue weighted by molar-refractivity contribution is -0.116. The van der Waals surface area contributed by atoms with Gasteiger partial charge in [-0.2, -0.15) is 0 Å². The average Bonchev–Trinajstić information content (AvgIpc) is 2.72. The Morgan fingerprint density at radius 2 is 1.84 bits per heavy atom. The molecule has 1 aliphatic heterocycles. The summed E-state index contributed by atoms with van der Waals surface area (Å²) in [7, 11) is 0. The minimum absolute atomic E-state index is 0.0601. The second-order valence-corrected chi connectivity index (χ2v) is 8.55. The lowest BCUT2D eigenvalue weighted by Crippen LogP contribution is -2.31. The summed E-state index contributed by atoms with van der Waals surface area (Å²) in [5, 5.41) is 3.12. The van der Waals surface area contributed by atoms with Gasteiger partial charge in [-0.25, -0.2) is 9.37 Å². The fourth-order valence-corrected chi connectivity index (χ4v) is 4.30. The van der Waals surface area contributed by atoms with Gasteiger partial charge in [-0.1, -0.05) is 36.0 Å². The van der Waals surface area contributed by atoms with E-state index in [-0.39, 0.29) is 41.5 Å². The van der Waals surface area contributed by atoms with Crippen molar-refractivity contribution in [1.82, 2.24) is 9.97 Å². The molecule has 4 rings (SSSR count). The highest BCUT2D eigenvalue weighted by Gasteiger charge is 2.31. The molecule has 31 heavy (non-hydrogen) atoms. The van der Waals surface area contributed by atoms with Crippen molar-refractivity contribution >= 4 is 23.5 Å². The Morgan fingerprint density at radius 1 is 1.13 bits per heavy atom. The van der Waals surface area contributed by atoms with Gasteiger partial charge in [0.1, 0.15) is 17.4 Å². The number of H-pyrrole nitrogens is 1. The van der Waals surface area contributed by atoms with Crippen LogP contribution >= 0.6 is 11.8 Å². The van der Waals surface area contributed by atoms with Crippen LogP contribution in [0.3, 0.4) is 0 Å². The van der Waals surface area contributed by atoms with Crippen molar-refractivity contribution in [3.63, 3.8) is 0 Å². The number of carbonyl (C=O) groups is 1. The highest BCUT2D eigenvalue weighted by atomic mass is 32.2. The van der Waals surface area contributed by atoms with Gasteiger partial charge in [-0.3, -0.25) is 9.59 Å². The molecular formula is C23H22FN3O3S. The Morgan fingerprint density at radius 3 is 2.52 bits per heavy atom. The molecule has 1 atom stereocenters. The van der Waals surface area contributed by atoms with Crippen LogP contribution in [0.1, 0.15) is 42.9 Å². The maximum Gasteiger partial charge on any atom is 0.257 e. The highest BCUT2D eigenvalue weighted by molar-refractivity contribution is 7.98. The van der Waals surface area contributed by atoms with Crippen LogP contribution in [0.15, 0.2) is 58.5 Å². The van der Waals surface area contributed by atoms with E-state index in [1.807, 2.05) is 38.1 Å². The Bertz CT molecular complexity index is 1140. The van der Waals surface area contributed by atoms with Crippen molar-refractivity contribution in [3.8, 4) is 5.75 Å². The molecule has 3 aromatic rings. The summed E-state index contributed by atoms with van der Waals surface area (Å²) >= 11 is 1.32. The van der Waals surface area contributed by atoms with Gasteiger partial charge in [0, 0.05) is 18.1 Å². The van der Waals surface area contributed by atoms with E-state index in [0.29, 0.717) is 16.5 Å². The van der Waals surface area contributed by atoms with Crippen molar-refractivity contribution in [1.29, 1.82) is 0 Å². The number of aromatic nitrogens is 2. The molecule has 0 radical (unpaired) electrons. The second-order valence-electron chi connectivity index (χ2n) is 7.59. The number of benzene rings is 2. The van der Waals surface area contributed by atoms with Gasteiger partial charge in [0.15, 0.2) is 5.16 Å². The van der Waals surface area contributed by atoms with Gasteiger partial charge in [-0.15, -0.1) is 0 Å². The molecule has 0 aliphatic carbocycles. The van der Waals surface area contributed by atoms with Crippen LogP contribution in [-0.2, 0) is 10.5 Å². The number of hydrogen-bond donors (Lipinski definition) is 2. The molecular weight excluding hydrogens is 417 g/mol. The van der Waals surface area contributed by atoms with Crippen LogP contribution in [-0.4, -0.2) is 22.0 Å². The van der Waals surface area contributed by atoms with E-state index in [4.69, 9.17) is 4.74 Å². The van der Waals surface area contributed by atoms with Crippen LogP contribution in [0.2, 0.25) is 0 Å². The SMILES string of the molecule is CC(C)Oc1ccc([C@@H]2CC(=O)Nc3nc(SCc4ccc(F)cc4)[nH]c(=O)c32)cc1. The predicted molar refractivity (Wildman–Crippen MR) is 118 cm³/mol. The number of hydrogen-bond acceptors (Lipinski definition) is 5. The van der Waals surface area contributed by atoms with E-state index in [1.165, 1.54) is 23.9 Å². The first kappa shape index (κ1) is 21.1. The zero-order valence-electron chi connectivity index (χ0n) is 17.1. The largest absolute Gasteiger partial charge is 0.491 e. The third-order valence-corrected chi connectivity index (χ3v) is 5.82. The predicted octanol–water partition coefficient (Wildman–Crippen LogP) is 4.46. The minimum atomic E-state index is -0.385. The van der Waals surface area contributed by atoms with Crippen LogP contribution in [0, 0.1) is 5.82 Å². The van der Waals surface area contributed by atoms with E-state index in [0.717, 1.165) is 16.9 Å². The molecule has 6 nitrogen and oxygen atoms in total. The number of fused-ring (bicyclic) bond motifs is 1. The van der Waals surface area contributed by atoms with Gasteiger partial charge < -0.3 is 15.0 Å². The maximum absolute atomic E-state index is 13.1. The van der Waals surface area contributed by atoms with Crippen LogP contribution < -0.4 is 15.6 Å². The normalized spacial score (nSPS) is 15.5. The number of rotatable bonds is 6. The van der Waals surface area contributed by atoms with Gasteiger partial charge in [0.05, 0.1) is 11.7 Å². The molecule has 1 amide bonds. The number of thioether (sulfide) groups is 1. The first-order chi connectivity index (χ1) is 14.9. The third kappa shape index (κ3) is 4.96. The Kier molecular flexibility index (Phi) is 6.08. The lowest BCUT2D eigenvalue weighted by atomic mass is 9.87. The molecule has 0 saturated carbocycles. The first-order valence-electron chi connectivity index (χ1n) is 9.97. The number of nitrogens with one attached hydrogen (secondary N) is 2. The number of carbonyl (C=O) groups excluding carboxylic acids is 1. The number of amides is 1. The molecule has 1 aromatic heterocycles. The summed E-state index contributed by atoms with van der Waals surface area (Å²) in [5.74, 6) is 0.660. The number of nitrogens with zero attached hydrogens (tertiary/aromatic N) is 1. The topological polar surface area (TPSA) is 84.1 Å². The number of ether oxygens (including phenoxy) is 1. The average molecular weight is 440 g/mol. The monoisotopic (exact) mass is 439 g/mol. The summed E-state index contributed by atoms with van der Waals surface area (Å²) in [4.78, 5) is 32.5. The van der Waals surface area contributed by atoms with Crippen molar-refractivity contribution in [2.45, 2.75) is 43.2 Å². The molecule has 0 fully saturated rings. The summed E-state index contributed by atoms with van der Waals surface area (Å²) in [6.07, 6.45) is 0.231.